The number of aryl methyl sites for hydroxylation is 2. The maximum Gasteiger partial charge on any atom is 0.252 e. The second-order valence-corrected chi connectivity index (χ2v) is 6.77. The lowest BCUT2D eigenvalue weighted by molar-refractivity contribution is -0.121. The summed E-state index contributed by atoms with van der Waals surface area (Å²) in [5, 5.41) is 8.78. The minimum atomic E-state index is -0.475. The summed E-state index contributed by atoms with van der Waals surface area (Å²) in [6, 6.07) is 15.2. The third kappa shape index (κ3) is 3.17. The van der Waals surface area contributed by atoms with E-state index in [4.69, 9.17) is 4.74 Å². The van der Waals surface area contributed by atoms with Gasteiger partial charge in [0.05, 0.1) is 17.3 Å². The molecule has 4 rings (SSSR count). The molecule has 0 fully saturated rings. The highest BCUT2D eigenvalue weighted by atomic mass is 16.5. The van der Waals surface area contributed by atoms with E-state index in [-0.39, 0.29) is 5.91 Å². The number of nitrogens with zero attached hydrogens (tertiary/aromatic N) is 3. The van der Waals surface area contributed by atoms with E-state index in [0.717, 1.165) is 34.6 Å². The van der Waals surface area contributed by atoms with Gasteiger partial charge in [-0.1, -0.05) is 36.4 Å². The van der Waals surface area contributed by atoms with E-state index < -0.39 is 5.92 Å². The van der Waals surface area contributed by atoms with Crippen molar-refractivity contribution in [2.45, 2.75) is 33.2 Å². The van der Waals surface area contributed by atoms with Crippen LogP contribution in [0.1, 0.15) is 42.1 Å². The summed E-state index contributed by atoms with van der Waals surface area (Å²) in [6.07, 6.45) is 1.94. The van der Waals surface area contributed by atoms with Gasteiger partial charge in [-0.25, -0.2) is 5.43 Å². The standard InChI is InChI=1S/C22H22N4O2/c1-4-26-13-18(15(3)25-26)14(2)23-24-22(27)21-16-9-5-7-11-19(16)28-20-12-8-6-10-17(20)21/h5-13,21H,4H2,1-3H3,(H,24,27)/b23-14+. The van der Waals surface area contributed by atoms with Gasteiger partial charge in [-0.15, -0.1) is 0 Å². The molecule has 0 spiro atoms. The van der Waals surface area contributed by atoms with E-state index in [0.29, 0.717) is 11.5 Å². The molecular weight excluding hydrogens is 352 g/mol. The molecule has 0 unspecified atom stereocenters. The van der Waals surface area contributed by atoms with Crippen molar-refractivity contribution in [3.8, 4) is 11.5 Å². The number of hydrazone groups is 1. The van der Waals surface area contributed by atoms with Crippen LogP contribution in [-0.2, 0) is 11.3 Å². The largest absolute Gasteiger partial charge is 0.457 e. The Morgan fingerprint density at radius 2 is 1.75 bits per heavy atom. The Labute approximate surface area is 163 Å². The topological polar surface area (TPSA) is 68.5 Å². The van der Waals surface area contributed by atoms with E-state index in [1.807, 2.05) is 80.2 Å². The lowest BCUT2D eigenvalue weighted by atomic mass is 9.87. The summed E-state index contributed by atoms with van der Waals surface area (Å²) < 4.78 is 7.81. The molecule has 2 aromatic carbocycles. The number of hydrogen-bond donors (Lipinski definition) is 1. The SMILES string of the molecule is CCn1cc(/C(C)=N/NC(=O)C2c3ccccc3Oc3ccccc32)c(C)n1. The minimum absolute atomic E-state index is 0.192. The van der Waals surface area contributed by atoms with Crippen LogP contribution in [0.25, 0.3) is 0 Å². The fourth-order valence-corrected chi connectivity index (χ4v) is 3.49. The van der Waals surface area contributed by atoms with Crippen LogP contribution in [0.4, 0.5) is 0 Å². The second kappa shape index (κ2) is 7.31. The van der Waals surface area contributed by atoms with Crippen molar-refractivity contribution in [2.24, 2.45) is 5.10 Å². The van der Waals surface area contributed by atoms with Gasteiger partial charge in [0, 0.05) is 29.4 Å². The first kappa shape index (κ1) is 18.0. The van der Waals surface area contributed by atoms with Crippen LogP contribution < -0.4 is 10.2 Å². The van der Waals surface area contributed by atoms with Gasteiger partial charge in [-0.3, -0.25) is 9.48 Å². The number of fused-ring (bicyclic) bond motifs is 2. The van der Waals surface area contributed by atoms with Crippen LogP contribution in [0.15, 0.2) is 59.8 Å². The number of carbonyl (C=O) groups is 1. The number of amides is 1. The van der Waals surface area contributed by atoms with Crippen LogP contribution in [-0.4, -0.2) is 21.4 Å². The molecule has 6 nitrogen and oxygen atoms in total. The predicted molar refractivity (Wildman–Crippen MR) is 108 cm³/mol. The summed E-state index contributed by atoms with van der Waals surface area (Å²) in [4.78, 5) is 13.1. The fourth-order valence-electron chi connectivity index (χ4n) is 3.49. The number of benzene rings is 2. The van der Waals surface area contributed by atoms with E-state index in [1.165, 1.54) is 0 Å². The van der Waals surface area contributed by atoms with Gasteiger partial charge in [0.15, 0.2) is 0 Å². The summed E-state index contributed by atoms with van der Waals surface area (Å²) in [7, 11) is 0. The Morgan fingerprint density at radius 3 is 2.32 bits per heavy atom. The number of carbonyl (C=O) groups excluding carboxylic acids is 1. The van der Waals surface area contributed by atoms with Gasteiger partial charge in [-0.05, 0) is 32.9 Å². The summed E-state index contributed by atoms with van der Waals surface area (Å²) >= 11 is 0. The molecule has 6 heteroatoms. The number of rotatable bonds is 4. The highest BCUT2D eigenvalue weighted by Crippen LogP contribution is 2.43. The first-order valence-electron chi connectivity index (χ1n) is 9.32. The van der Waals surface area contributed by atoms with Crippen LogP contribution in [0, 0.1) is 6.92 Å². The number of aromatic nitrogens is 2. The lowest BCUT2D eigenvalue weighted by Gasteiger charge is -2.26. The molecule has 0 aliphatic carbocycles. The molecule has 1 aliphatic rings. The Bertz CT molecular complexity index is 1020. The monoisotopic (exact) mass is 374 g/mol. The Hall–Kier alpha value is -3.41. The number of para-hydroxylation sites is 2. The summed E-state index contributed by atoms with van der Waals surface area (Å²) in [6.45, 7) is 6.63. The van der Waals surface area contributed by atoms with Crippen molar-refractivity contribution in [2.75, 3.05) is 0 Å². The van der Waals surface area contributed by atoms with Crippen molar-refractivity contribution in [1.82, 2.24) is 15.2 Å². The molecule has 1 N–H and O–H groups in total. The van der Waals surface area contributed by atoms with Gasteiger partial charge in [0.2, 0.25) is 0 Å². The maximum absolute atomic E-state index is 13.1. The van der Waals surface area contributed by atoms with Crippen molar-refractivity contribution in [3.63, 3.8) is 0 Å². The summed E-state index contributed by atoms with van der Waals surface area (Å²) in [5.41, 5.74) is 6.95. The first-order valence-corrected chi connectivity index (χ1v) is 9.32. The van der Waals surface area contributed by atoms with Crippen LogP contribution >= 0.6 is 0 Å². The third-order valence-corrected chi connectivity index (χ3v) is 4.94. The molecule has 1 amide bonds. The average Bonchev–Trinajstić information content (AvgIpc) is 3.10. The molecular formula is C22H22N4O2. The summed E-state index contributed by atoms with van der Waals surface area (Å²) in [5.74, 6) is 0.726. The molecule has 0 saturated heterocycles. The molecule has 28 heavy (non-hydrogen) atoms. The van der Waals surface area contributed by atoms with Crippen LogP contribution in [0.3, 0.4) is 0 Å². The normalized spacial score (nSPS) is 13.5. The first-order chi connectivity index (χ1) is 13.6. The minimum Gasteiger partial charge on any atom is -0.457 e. The zero-order valence-electron chi connectivity index (χ0n) is 16.1. The van der Waals surface area contributed by atoms with Crippen molar-refractivity contribution in [1.29, 1.82) is 0 Å². The number of ether oxygens (including phenoxy) is 1. The zero-order valence-corrected chi connectivity index (χ0v) is 16.1. The Morgan fingerprint density at radius 1 is 1.14 bits per heavy atom. The molecule has 1 aliphatic heterocycles. The number of hydrogen-bond acceptors (Lipinski definition) is 4. The molecule has 2 heterocycles. The molecule has 0 atom stereocenters. The molecule has 0 saturated carbocycles. The maximum atomic E-state index is 13.1. The zero-order chi connectivity index (χ0) is 19.7. The van der Waals surface area contributed by atoms with Gasteiger partial charge < -0.3 is 4.74 Å². The van der Waals surface area contributed by atoms with Crippen LogP contribution in [0.2, 0.25) is 0 Å². The van der Waals surface area contributed by atoms with E-state index >= 15 is 0 Å². The molecule has 142 valence electrons. The van der Waals surface area contributed by atoms with Crippen LogP contribution in [0.5, 0.6) is 11.5 Å². The third-order valence-electron chi connectivity index (χ3n) is 4.94. The van der Waals surface area contributed by atoms with E-state index in [2.05, 4.69) is 15.6 Å². The van der Waals surface area contributed by atoms with Gasteiger partial charge in [0.1, 0.15) is 11.5 Å². The molecule has 0 bridgehead atoms. The van der Waals surface area contributed by atoms with Crippen molar-refractivity contribution < 1.29 is 9.53 Å². The second-order valence-electron chi connectivity index (χ2n) is 6.77. The van der Waals surface area contributed by atoms with Gasteiger partial charge >= 0.3 is 0 Å². The molecule has 3 aromatic rings. The van der Waals surface area contributed by atoms with Gasteiger partial charge in [0.25, 0.3) is 5.91 Å². The highest BCUT2D eigenvalue weighted by Gasteiger charge is 2.32. The Kier molecular flexibility index (Phi) is 4.69. The lowest BCUT2D eigenvalue weighted by Crippen LogP contribution is -2.29. The Balaban J connectivity index is 1.64. The number of nitrogens with one attached hydrogen (secondary N) is 1. The van der Waals surface area contributed by atoms with E-state index in [1.54, 1.807) is 0 Å². The smallest absolute Gasteiger partial charge is 0.252 e. The van der Waals surface area contributed by atoms with Crippen molar-refractivity contribution in [3.05, 3.63) is 77.1 Å². The molecule has 1 aromatic heterocycles. The fraction of sp³-hybridized carbons (Fsp3) is 0.227. The highest BCUT2D eigenvalue weighted by molar-refractivity contribution is 6.00. The van der Waals surface area contributed by atoms with Gasteiger partial charge in [-0.2, -0.15) is 10.2 Å². The molecule has 0 radical (unpaired) electrons. The quantitative estimate of drug-likeness (QED) is 0.555. The average molecular weight is 374 g/mol. The predicted octanol–water partition coefficient (Wildman–Crippen LogP) is 3.99. The van der Waals surface area contributed by atoms with Crippen molar-refractivity contribution >= 4 is 11.6 Å². The van der Waals surface area contributed by atoms with E-state index in [9.17, 15) is 4.79 Å².